The van der Waals surface area contributed by atoms with Gasteiger partial charge < -0.3 is 8.85 Å². The molecule has 0 unspecified atom stereocenters. The molecule has 0 aliphatic rings. The van der Waals surface area contributed by atoms with E-state index in [0.717, 1.165) is 26.1 Å². The van der Waals surface area contributed by atoms with Crippen LogP contribution in [0.25, 0.3) is 0 Å². The summed E-state index contributed by atoms with van der Waals surface area (Å²) in [6.45, 7) is 12.1. The van der Waals surface area contributed by atoms with Crippen LogP contribution in [0.3, 0.4) is 0 Å². The molecule has 0 amide bonds. The van der Waals surface area contributed by atoms with Gasteiger partial charge in [0.05, 0.1) is 0 Å². The van der Waals surface area contributed by atoms with E-state index in [4.69, 9.17) is 8.85 Å². The molecule has 0 aromatic heterocycles. The molecule has 0 N–H and O–H groups in total. The van der Waals surface area contributed by atoms with Crippen molar-refractivity contribution < 1.29 is 8.85 Å². The summed E-state index contributed by atoms with van der Waals surface area (Å²) in [4.78, 5) is 0. The molecular formula is C15H32O2Si. The molecular weight excluding hydrogens is 240 g/mol. The van der Waals surface area contributed by atoms with Crippen molar-refractivity contribution in [3.8, 4) is 0 Å². The zero-order valence-corrected chi connectivity index (χ0v) is 13.7. The summed E-state index contributed by atoms with van der Waals surface area (Å²) in [5.41, 5.74) is 1.91. The van der Waals surface area contributed by atoms with E-state index in [1.165, 1.54) is 38.5 Å². The van der Waals surface area contributed by atoms with Crippen molar-refractivity contribution in [2.75, 3.05) is 13.2 Å². The second kappa shape index (κ2) is 11.9. The predicted octanol–water partition coefficient (Wildman–Crippen LogP) is 4.98. The van der Waals surface area contributed by atoms with E-state index < -0.39 is 8.56 Å². The second-order valence-electron chi connectivity index (χ2n) is 5.04. The Bertz CT molecular complexity index is 181. The van der Waals surface area contributed by atoms with Crippen LogP contribution in [0.4, 0.5) is 0 Å². The Kier molecular flexibility index (Phi) is 11.9. The van der Waals surface area contributed by atoms with Gasteiger partial charge in [-0.15, -0.1) is 6.58 Å². The monoisotopic (exact) mass is 272 g/mol. The lowest BCUT2D eigenvalue weighted by atomic mass is 10.2. The molecule has 0 radical (unpaired) electrons. The molecule has 108 valence electrons. The summed E-state index contributed by atoms with van der Waals surface area (Å²) in [5.74, 6) is 0. The Balaban J connectivity index is 3.64. The molecule has 2 nitrogen and oxygen atoms in total. The fourth-order valence-corrected chi connectivity index (χ4v) is 3.19. The van der Waals surface area contributed by atoms with Gasteiger partial charge in [-0.25, -0.2) is 0 Å². The lowest BCUT2D eigenvalue weighted by Crippen LogP contribution is -2.37. The van der Waals surface area contributed by atoms with Gasteiger partial charge in [0.25, 0.3) is 0 Å². The zero-order valence-electron chi connectivity index (χ0n) is 12.7. The van der Waals surface area contributed by atoms with Gasteiger partial charge in [0.2, 0.25) is 0 Å². The van der Waals surface area contributed by atoms with Crippen molar-refractivity contribution in [3.05, 3.63) is 12.3 Å². The maximum absolute atomic E-state index is 5.93. The second-order valence-corrected chi connectivity index (χ2v) is 8.06. The van der Waals surface area contributed by atoms with Gasteiger partial charge in [-0.2, -0.15) is 0 Å². The van der Waals surface area contributed by atoms with Crippen LogP contribution in [0.2, 0.25) is 6.55 Å². The van der Waals surface area contributed by atoms with Crippen molar-refractivity contribution >= 4 is 8.56 Å². The fraction of sp³-hybridized carbons (Fsp3) is 0.867. The molecule has 0 saturated heterocycles. The Labute approximate surface area is 115 Å². The van der Waals surface area contributed by atoms with Gasteiger partial charge in [-0.1, -0.05) is 52.4 Å². The zero-order chi connectivity index (χ0) is 13.7. The molecule has 0 rings (SSSR count). The first kappa shape index (κ1) is 17.9. The van der Waals surface area contributed by atoms with E-state index in [1.54, 1.807) is 0 Å². The Morgan fingerprint density at radius 1 is 0.833 bits per heavy atom. The summed E-state index contributed by atoms with van der Waals surface area (Å²) in [6, 6.07) is 0. The van der Waals surface area contributed by atoms with Crippen LogP contribution in [-0.2, 0) is 8.85 Å². The molecule has 0 aliphatic carbocycles. The van der Waals surface area contributed by atoms with E-state index in [-0.39, 0.29) is 0 Å². The minimum absolute atomic E-state index is 0.823. The number of hydrogen-bond acceptors (Lipinski definition) is 2. The SMILES string of the molecule is C=C[Si](C)(OCCCCCC)OCCCCCC. The minimum atomic E-state index is -2.08. The minimum Gasteiger partial charge on any atom is -0.391 e. The first-order chi connectivity index (χ1) is 8.68. The van der Waals surface area contributed by atoms with E-state index >= 15 is 0 Å². The Morgan fingerprint density at radius 2 is 1.28 bits per heavy atom. The summed E-state index contributed by atoms with van der Waals surface area (Å²) < 4.78 is 11.9. The van der Waals surface area contributed by atoms with Crippen molar-refractivity contribution in [3.63, 3.8) is 0 Å². The van der Waals surface area contributed by atoms with Crippen LogP contribution < -0.4 is 0 Å². The van der Waals surface area contributed by atoms with Crippen LogP contribution in [0.5, 0.6) is 0 Å². The van der Waals surface area contributed by atoms with Crippen LogP contribution in [0.15, 0.2) is 12.3 Å². The molecule has 18 heavy (non-hydrogen) atoms. The van der Waals surface area contributed by atoms with Crippen molar-refractivity contribution in [1.29, 1.82) is 0 Å². The molecule has 0 aliphatic heterocycles. The summed E-state index contributed by atoms with van der Waals surface area (Å²) in [6.07, 6.45) is 9.94. The topological polar surface area (TPSA) is 18.5 Å². The van der Waals surface area contributed by atoms with Crippen LogP contribution >= 0.6 is 0 Å². The highest BCUT2D eigenvalue weighted by atomic mass is 28.4. The summed E-state index contributed by atoms with van der Waals surface area (Å²) in [5, 5.41) is 0. The third-order valence-corrected chi connectivity index (χ3v) is 5.44. The van der Waals surface area contributed by atoms with Gasteiger partial charge >= 0.3 is 8.56 Å². The Morgan fingerprint density at radius 3 is 1.61 bits per heavy atom. The first-order valence-corrected chi connectivity index (χ1v) is 9.99. The predicted molar refractivity (Wildman–Crippen MR) is 82.0 cm³/mol. The van der Waals surface area contributed by atoms with E-state index in [9.17, 15) is 0 Å². The molecule has 0 saturated carbocycles. The van der Waals surface area contributed by atoms with E-state index in [2.05, 4.69) is 27.0 Å². The first-order valence-electron chi connectivity index (χ1n) is 7.60. The lowest BCUT2D eigenvalue weighted by Gasteiger charge is -2.23. The molecule has 0 atom stereocenters. The van der Waals surface area contributed by atoms with Gasteiger partial charge in [-0.3, -0.25) is 0 Å². The van der Waals surface area contributed by atoms with Crippen molar-refractivity contribution in [2.24, 2.45) is 0 Å². The molecule has 0 bridgehead atoms. The molecule has 0 spiro atoms. The standard InChI is InChI=1S/C15H32O2Si/c1-5-8-10-12-14-16-18(4,7-3)17-15-13-11-9-6-2/h7H,3,5-6,8-15H2,1-2,4H3. The third-order valence-electron chi connectivity index (χ3n) is 3.14. The van der Waals surface area contributed by atoms with Gasteiger partial charge in [-0.05, 0) is 25.1 Å². The molecule has 3 heteroatoms. The van der Waals surface area contributed by atoms with Crippen molar-refractivity contribution in [1.82, 2.24) is 0 Å². The van der Waals surface area contributed by atoms with Gasteiger partial charge in [0.15, 0.2) is 0 Å². The smallest absolute Gasteiger partial charge is 0.361 e. The quantitative estimate of drug-likeness (QED) is 0.348. The maximum Gasteiger partial charge on any atom is 0.361 e. The number of rotatable bonds is 13. The highest BCUT2D eigenvalue weighted by Gasteiger charge is 2.26. The van der Waals surface area contributed by atoms with Gasteiger partial charge in [0.1, 0.15) is 0 Å². The van der Waals surface area contributed by atoms with Crippen LogP contribution in [-0.4, -0.2) is 21.8 Å². The normalized spacial score (nSPS) is 11.7. The fourth-order valence-electron chi connectivity index (χ4n) is 1.77. The molecule has 0 aromatic carbocycles. The van der Waals surface area contributed by atoms with Crippen LogP contribution in [0, 0.1) is 0 Å². The largest absolute Gasteiger partial charge is 0.391 e. The van der Waals surface area contributed by atoms with Crippen molar-refractivity contribution in [2.45, 2.75) is 71.8 Å². The average molecular weight is 273 g/mol. The third kappa shape index (κ3) is 9.86. The van der Waals surface area contributed by atoms with Crippen LogP contribution in [0.1, 0.15) is 65.2 Å². The summed E-state index contributed by atoms with van der Waals surface area (Å²) in [7, 11) is -2.08. The van der Waals surface area contributed by atoms with E-state index in [0.29, 0.717) is 0 Å². The molecule has 0 heterocycles. The van der Waals surface area contributed by atoms with E-state index in [1.807, 2.05) is 5.70 Å². The Hall–Kier alpha value is -0.123. The molecule has 0 fully saturated rings. The number of unbranched alkanes of at least 4 members (excludes halogenated alkanes) is 6. The molecule has 0 aromatic rings. The average Bonchev–Trinajstić information content (AvgIpc) is 2.38. The maximum atomic E-state index is 5.93. The summed E-state index contributed by atoms with van der Waals surface area (Å²) >= 11 is 0. The highest BCUT2D eigenvalue weighted by molar-refractivity contribution is 6.71. The highest BCUT2D eigenvalue weighted by Crippen LogP contribution is 2.12. The number of hydrogen-bond donors (Lipinski definition) is 0. The lowest BCUT2D eigenvalue weighted by molar-refractivity contribution is 0.177. The van der Waals surface area contributed by atoms with Gasteiger partial charge in [0, 0.05) is 13.2 Å².